The van der Waals surface area contributed by atoms with Crippen molar-refractivity contribution in [3.8, 4) is 0 Å². The minimum atomic E-state index is -3.68. The molecule has 8 nitrogen and oxygen atoms in total. The van der Waals surface area contributed by atoms with Crippen LogP contribution >= 0.6 is 11.3 Å². The van der Waals surface area contributed by atoms with Crippen molar-refractivity contribution < 1.29 is 18.0 Å². The van der Waals surface area contributed by atoms with Crippen molar-refractivity contribution in [3.05, 3.63) is 47.1 Å². The van der Waals surface area contributed by atoms with Gasteiger partial charge in [0.15, 0.2) is 0 Å². The molecular weight excluding hydrogens is 460 g/mol. The van der Waals surface area contributed by atoms with Gasteiger partial charge in [0.05, 0.1) is 17.8 Å². The summed E-state index contributed by atoms with van der Waals surface area (Å²) in [6.45, 7) is 2.40. The standard InChI is InChI=1S/C23H30N4O4S2/c28-22(25-16-20-7-3-4-10-24-20)18-8-13-27(14-9-18)33(30,31)21-15-19(17-32-21)23(29)26-11-5-1-2-6-12-26/h3-4,7,10,15,17-18H,1-2,5-6,8-9,11-14,16H2,(H,25,28). The molecule has 0 saturated carbocycles. The molecule has 0 atom stereocenters. The van der Waals surface area contributed by atoms with Crippen LogP contribution in [0.1, 0.15) is 54.6 Å². The van der Waals surface area contributed by atoms with Crippen molar-refractivity contribution in [3.63, 3.8) is 0 Å². The van der Waals surface area contributed by atoms with E-state index in [4.69, 9.17) is 0 Å². The Kier molecular flexibility index (Phi) is 7.77. The molecule has 178 valence electrons. The Morgan fingerprint density at radius 2 is 1.79 bits per heavy atom. The molecule has 4 rings (SSSR count). The number of nitrogens with one attached hydrogen (secondary N) is 1. The van der Waals surface area contributed by atoms with E-state index in [-0.39, 0.29) is 35.0 Å². The van der Waals surface area contributed by atoms with Gasteiger partial charge < -0.3 is 10.2 Å². The molecule has 2 aliphatic heterocycles. The second-order valence-corrected chi connectivity index (χ2v) is 11.7. The summed E-state index contributed by atoms with van der Waals surface area (Å²) in [6, 6.07) is 7.05. The molecule has 2 saturated heterocycles. The summed E-state index contributed by atoms with van der Waals surface area (Å²) < 4.78 is 27.9. The van der Waals surface area contributed by atoms with Crippen LogP contribution in [-0.2, 0) is 21.4 Å². The van der Waals surface area contributed by atoms with Crippen LogP contribution in [0.25, 0.3) is 0 Å². The minimum Gasteiger partial charge on any atom is -0.350 e. The number of amides is 2. The van der Waals surface area contributed by atoms with Crippen LogP contribution < -0.4 is 5.32 Å². The summed E-state index contributed by atoms with van der Waals surface area (Å²) in [5, 5.41) is 4.55. The lowest BCUT2D eigenvalue weighted by molar-refractivity contribution is -0.126. The molecule has 2 aromatic rings. The van der Waals surface area contributed by atoms with E-state index in [1.807, 2.05) is 23.1 Å². The molecule has 33 heavy (non-hydrogen) atoms. The van der Waals surface area contributed by atoms with E-state index in [2.05, 4.69) is 10.3 Å². The molecule has 0 unspecified atom stereocenters. The number of rotatable bonds is 6. The van der Waals surface area contributed by atoms with Gasteiger partial charge in [-0.25, -0.2) is 8.42 Å². The SMILES string of the molecule is O=C(NCc1ccccn1)C1CCN(S(=O)(=O)c2cc(C(=O)N3CCCCCC3)cs2)CC1. The first-order valence-electron chi connectivity index (χ1n) is 11.5. The number of carbonyl (C=O) groups excluding carboxylic acids is 2. The van der Waals surface area contributed by atoms with Crippen molar-refractivity contribution in [1.29, 1.82) is 0 Å². The Bertz CT molecular complexity index is 1060. The van der Waals surface area contributed by atoms with Crippen molar-refractivity contribution in [1.82, 2.24) is 19.5 Å². The van der Waals surface area contributed by atoms with Gasteiger partial charge in [-0.15, -0.1) is 11.3 Å². The number of carbonyl (C=O) groups is 2. The summed E-state index contributed by atoms with van der Waals surface area (Å²) >= 11 is 1.10. The van der Waals surface area contributed by atoms with E-state index < -0.39 is 10.0 Å². The maximum Gasteiger partial charge on any atom is 0.254 e. The molecule has 2 aliphatic rings. The predicted molar refractivity (Wildman–Crippen MR) is 126 cm³/mol. The first-order chi connectivity index (χ1) is 15.9. The monoisotopic (exact) mass is 490 g/mol. The maximum absolute atomic E-state index is 13.1. The van der Waals surface area contributed by atoms with Crippen molar-refractivity contribution in [2.75, 3.05) is 26.2 Å². The van der Waals surface area contributed by atoms with Gasteiger partial charge in [-0.1, -0.05) is 18.9 Å². The fraction of sp³-hybridized carbons (Fsp3) is 0.522. The Morgan fingerprint density at radius 3 is 2.45 bits per heavy atom. The molecule has 0 radical (unpaired) electrons. The molecule has 0 aliphatic carbocycles. The lowest BCUT2D eigenvalue weighted by Crippen LogP contribution is -2.42. The molecule has 0 aromatic carbocycles. The van der Waals surface area contributed by atoms with E-state index >= 15 is 0 Å². The lowest BCUT2D eigenvalue weighted by Gasteiger charge is -2.30. The van der Waals surface area contributed by atoms with Gasteiger partial charge in [0, 0.05) is 43.7 Å². The number of hydrogen-bond acceptors (Lipinski definition) is 6. The third-order valence-corrected chi connectivity index (χ3v) is 9.62. The second kappa shape index (κ2) is 10.8. The lowest BCUT2D eigenvalue weighted by atomic mass is 9.97. The summed E-state index contributed by atoms with van der Waals surface area (Å²) in [5.74, 6) is -0.374. The van der Waals surface area contributed by atoms with Crippen LogP contribution in [0.4, 0.5) is 0 Å². The van der Waals surface area contributed by atoms with Gasteiger partial charge in [0.1, 0.15) is 4.21 Å². The van der Waals surface area contributed by atoms with Gasteiger partial charge in [-0.05, 0) is 43.9 Å². The van der Waals surface area contributed by atoms with E-state index in [1.54, 1.807) is 11.6 Å². The third kappa shape index (κ3) is 5.80. The molecule has 0 bridgehead atoms. The van der Waals surface area contributed by atoms with E-state index in [0.29, 0.717) is 24.9 Å². The summed E-state index contributed by atoms with van der Waals surface area (Å²) in [6.07, 6.45) is 6.87. The molecule has 2 amide bonds. The van der Waals surface area contributed by atoms with Crippen molar-refractivity contribution in [2.45, 2.75) is 49.3 Å². The fourth-order valence-electron chi connectivity index (χ4n) is 4.33. The van der Waals surface area contributed by atoms with Crippen LogP contribution in [0.5, 0.6) is 0 Å². The van der Waals surface area contributed by atoms with Gasteiger partial charge in [0.25, 0.3) is 15.9 Å². The second-order valence-electron chi connectivity index (χ2n) is 8.58. The van der Waals surface area contributed by atoms with Gasteiger partial charge in [-0.3, -0.25) is 14.6 Å². The van der Waals surface area contributed by atoms with Crippen molar-refractivity contribution >= 4 is 33.2 Å². The smallest absolute Gasteiger partial charge is 0.254 e. The molecule has 4 heterocycles. The number of piperidine rings is 1. The molecular formula is C23H30N4O4S2. The summed E-state index contributed by atoms with van der Waals surface area (Å²) in [5.41, 5.74) is 1.23. The van der Waals surface area contributed by atoms with E-state index in [1.165, 1.54) is 10.4 Å². The molecule has 2 fully saturated rings. The highest BCUT2D eigenvalue weighted by molar-refractivity contribution is 7.91. The highest BCUT2D eigenvalue weighted by atomic mass is 32.2. The first kappa shape index (κ1) is 23.8. The van der Waals surface area contributed by atoms with E-state index in [0.717, 1.165) is 55.8 Å². The Hall–Kier alpha value is -2.30. The first-order valence-corrected chi connectivity index (χ1v) is 13.8. The number of nitrogens with zero attached hydrogens (tertiary/aromatic N) is 3. The normalized spacial score (nSPS) is 18.6. The number of aromatic nitrogens is 1. The van der Waals surface area contributed by atoms with Gasteiger partial charge in [-0.2, -0.15) is 4.31 Å². The predicted octanol–water partition coefficient (Wildman–Crippen LogP) is 2.88. The Morgan fingerprint density at radius 1 is 1.06 bits per heavy atom. The van der Waals surface area contributed by atoms with Crippen LogP contribution in [0.15, 0.2) is 40.1 Å². The zero-order valence-corrected chi connectivity index (χ0v) is 20.2. The topological polar surface area (TPSA) is 99.7 Å². The number of hydrogen-bond donors (Lipinski definition) is 1. The number of sulfonamides is 1. The number of likely N-dealkylation sites (tertiary alicyclic amines) is 1. The average Bonchev–Trinajstić information content (AvgIpc) is 3.20. The summed E-state index contributed by atoms with van der Waals surface area (Å²) in [7, 11) is -3.68. The van der Waals surface area contributed by atoms with Crippen LogP contribution in [-0.4, -0.2) is 60.6 Å². The molecule has 0 spiro atoms. The van der Waals surface area contributed by atoms with Gasteiger partial charge in [0.2, 0.25) is 5.91 Å². The molecule has 1 N–H and O–H groups in total. The third-order valence-electron chi connectivity index (χ3n) is 6.30. The largest absolute Gasteiger partial charge is 0.350 e. The fourth-order valence-corrected chi connectivity index (χ4v) is 7.11. The highest BCUT2D eigenvalue weighted by Crippen LogP contribution is 2.29. The number of pyridine rings is 1. The Labute approximate surface area is 199 Å². The molecule has 10 heteroatoms. The average molecular weight is 491 g/mol. The Balaban J connectivity index is 1.32. The quantitative estimate of drug-likeness (QED) is 0.671. The number of thiophene rings is 1. The van der Waals surface area contributed by atoms with Gasteiger partial charge >= 0.3 is 0 Å². The minimum absolute atomic E-state index is 0.0702. The summed E-state index contributed by atoms with van der Waals surface area (Å²) in [4.78, 5) is 31.4. The zero-order chi connectivity index (χ0) is 23.3. The molecule has 2 aromatic heterocycles. The van der Waals surface area contributed by atoms with Crippen molar-refractivity contribution in [2.24, 2.45) is 5.92 Å². The zero-order valence-electron chi connectivity index (χ0n) is 18.6. The van der Waals surface area contributed by atoms with Crippen LogP contribution in [0, 0.1) is 5.92 Å². The van der Waals surface area contributed by atoms with Crippen LogP contribution in [0.2, 0.25) is 0 Å². The highest BCUT2D eigenvalue weighted by Gasteiger charge is 2.33. The maximum atomic E-state index is 13.1. The van der Waals surface area contributed by atoms with E-state index in [9.17, 15) is 18.0 Å². The van der Waals surface area contributed by atoms with Crippen LogP contribution in [0.3, 0.4) is 0 Å².